The van der Waals surface area contributed by atoms with Crippen LogP contribution in [0.2, 0.25) is 0 Å². The van der Waals surface area contributed by atoms with Crippen LogP contribution in [-0.4, -0.2) is 41.1 Å². The zero-order chi connectivity index (χ0) is 10.2. The third-order valence-corrected chi connectivity index (χ3v) is 3.16. The van der Waals surface area contributed by atoms with Gasteiger partial charge in [0.2, 0.25) is 5.91 Å². The fourth-order valence-corrected chi connectivity index (χ4v) is 2.07. The van der Waals surface area contributed by atoms with Gasteiger partial charge >= 0.3 is 0 Å². The summed E-state index contributed by atoms with van der Waals surface area (Å²) in [7, 11) is 0. The van der Waals surface area contributed by atoms with Gasteiger partial charge in [0.05, 0.1) is 12.1 Å². The first-order chi connectivity index (χ1) is 6.64. The number of carbonyl (C=O) groups excluding carboxylic acids is 1. The Morgan fingerprint density at radius 2 is 2.29 bits per heavy atom. The lowest BCUT2D eigenvalue weighted by Crippen LogP contribution is -2.58. The van der Waals surface area contributed by atoms with E-state index in [-0.39, 0.29) is 18.4 Å². The molecular formula is C10H18N2O2. The number of aliphatic hydroxyl groups excluding tert-OH is 1. The molecule has 3 N–H and O–H groups in total. The van der Waals surface area contributed by atoms with E-state index in [1.165, 1.54) is 0 Å². The Bertz CT molecular complexity index is 240. The normalized spacial score (nSPS) is 33.1. The largest absolute Gasteiger partial charge is 0.394 e. The predicted molar refractivity (Wildman–Crippen MR) is 52.5 cm³/mol. The number of carbonyl (C=O) groups is 1. The molecule has 1 heterocycles. The van der Waals surface area contributed by atoms with E-state index in [1.54, 1.807) is 0 Å². The van der Waals surface area contributed by atoms with Crippen molar-refractivity contribution in [2.24, 2.45) is 11.7 Å². The first kappa shape index (κ1) is 9.93. The number of aliphatic hydroxyl groups is 1. The molecule has 1 unspecified atom stereocenters. The van der Waals surface area contributed by atoms with Crippen molar-refractivity contribution in [1.29, 1.82) is 0 Å². The number of piperidine rings is 1. The molecule has 1 aliphatic carbocycles. The SMILES string of the molecule is NC1(CO)CCCN(C(=O)C2CC2)C1. The Morgan fingerprint density at radius 3 is 2.86 bits per heavy atom. The van der Waals surface area contributed by atoms with Crippen LogP contribution in [-0.2, 0) is 4.79 Å². The topological polar surface area (TPSA) is 66.6 Å². The molecule has 0 radical (unpaired) electrons. The monoisotopic (exact) mass is 198 g/mol. The van der Waals surface area contributed by atoms with Crippen molar-refractivity contribution in [2.45, 2.75) is 31.2 Å². The van der Waals surface area contributed by atoms with Gasteiger partial charge in [-0.2, -0.15) is 0 Å². The molecular weight excluding hydrogens is 180 g/mol. The van der Waals surface area contributed by atoms with E-state index in [1.807, 2.05) is 4.90 Å². The van der Waals surface area contributed by atoms with Gasteiger partial charge in [-0.3, -0.25) is 4.79 Å². The number of hydrogen-bond acceptors (Lipinski definition) is 3. The second-order valence-electron chi connectivity index (χ2n) is 4.66. The van der Waals surface area contributed by atoms with Crippen LogP contribution in [0.5, 0.6) is 0 Å². The summed E-state index contributed by atoms with van der Waals surface area (Å²) >= 11 is 0. The predicted octanol–water partition coefficient (Wildman–Crippen LogP) is -0.291. The van der Waals surface area contributed by atoms with Crippen LogP contribution in [0.25, 0.3) is 0 Å². The van der Waals surface area contributed by atoms with Gasteiger partial charge in [0.15, 0.2) is 0 Å². The summed E-state index contributed by atoms with van der Waals surface area (Å²) in [6.45, 7) is 1.31. The van der Waals surface area contributed by atoms with Crippen LogP contribution >= 0.6 is 0 Å². The molecule has 0 aromatic rings. The molecule has 2 fully saturated rings. The maximum absolute atomic E-state index is 11.8. The molecule has 1 saturated carbocycles. The molecule has 80 valence electrons. The van der Waals surface area contributed by atoms with Gasteiger partial charge in [-0.1, -0.05) is 0 Å². The molecule has 0 aromatic heterocycles. The van der Waals surface area contributed by atoms with Gasteiger partial charge in [0.25, 0.3) is 0 Å². The molecule has 1 amide bonds. The Morgan fingerprint density at radius 1 is 1.57 bits per heavy atom. The summed E-state index contributed by atoms with van der Waals surface area (Å²) in [6.07, 6.45) is 3.80. The molecule has 2 aliphatic rings. The smallest absolute Gasteiger partial charge is 0.225 e. The number of rotatable bonds is 2. The highest BCUT2D eigenvalue weighted by atomic mass is 16.3. The van der Waals surface area contributed by atoms with E-state index in [4.69, 9.17) is 10.8 Å². The average Bonchev–Trinajstić information content (AvgIpc) is 3.00. The lowest BCUT2D eigenvalue weighted by atomic mass is 9.91. The highest BCUT2D eigenvalue weighted by Crippen LogP contribution is 2.32. The van der Waals surface area contributed by atoms with Crippen LogP contribution < -0.4 is 5.73 Å². The number of nitrogens with two attached hydrogens (primary N) is 1. The number of likely N-dealkylation sites (tertiary alicyclic amines) is 1. The van der Waals surface area contributed by atoms with Crippen LogP contribution in [0, 0.1) is 5.92 Å². The fourth-order valence-electron chi connectivity index (χ4n) is 2.07. The zero-order valence-corrected chi connectivity index (χ0v) is 8.41. The molecule has 0 spiro atoms. The summed E-state index contributed by atoms with van der Waals surface area (Å²) in [5.41, 5.74) is 5.41. The Labute approximate surface area is 84.1 Å². The molecule has 14 heavy (non-hydrogen) atoms. The van der Waals surface area contributed by atoms with Gasteiger partial charge < -0.3 is 15.7 Å². The maximum atomic E-state index is 11.8. The standard InChI is InChI=1S/C10H18N2O2/c11-10(7-13)4-1-5-12(6-10)9(14)8-2-3-8/h8,13H,1-7,11H2. The van der Waals surface area contributed by atoms with Crippen molar-refractivity contribution in [3.63, 3.8) is 0 Å². The minimum absolute atomic E-state index is 0.0263. The quantitative estimate of drug-likeness (QED) is 0.640. The van der Waals surface area contributed by atoms with Gasteiger partial charge in [-0.25, -0.2) is 0 Å². The molecule has 1 atom stereocenters. The lowest BCUT2D eigenvalue weighted by Gasteiger charge is -2.39. The van der Waals surface area contributed by atoms with E-state index in [0.717, 1.165) is 32.2 Å². The molecule has 1 aliphatic heterocycles. The first-order valence-corrected chi connectivity index (χ1v) is 5.33. The Kier molecular flexibility index (Phi) is 2.49. The Hall–Kier alpha value is -0.610. The van der Waals surface area contributed by atoms with Crippen molar-refractivity contribution >= 4 is 5.91 Å². The first-order valence-electron chi connectivity index (χ1n) is 5.33. The van der Waals surface area contributed by atoms with E-state index >= 15 is 0 Å². The minimum atomic E-state index is -0.553. The van der Waals surface area contributed by atoms with Crippen molar-refractivity contribution in [3.05, 3.63) is 0 Å². The second-order valence-corrected chi connectivity index (χ2v) is 4.66. The third kappa shape index (κ3) is 1.91. The molecule has 2 rings (SSSR count). The van der Waals surface area contributed by atoms with Crippen LogP contribution in [0.1, 0.15) is 25.7 Å². The summed E-state index contributed by atoms with van der Waals surface area (Å²) < 4.78 is 0. The van der Waals surface area contributed by atoms with Gasteiger partial charge in [-0.15, -0.1) is 0 Å². The summed E-state index contributed by atoms with van der Waals surface area (Å²) in [6, 6.07) is 0. The summed E-state index contributed by atoms with van der Waals surface area (Å²) in [5.74, 6) is 0.504. The number of nitrogens with zero attached hydrogens (tertiary/aromatic N) is 1. The molecule has 0 bridgehead atoms. The molecule has 1 saturated heterocycles. The van der Waals surface area contributed by atoms with Crippen molar-refractivity contribution in [1.82, 2.24) is 4.90 Å². The number of amides is 1. The average molecular weight is 198 g/mol. The highest BCUT2D eigenvalue weighted by molar-refractivity contribution is 5.81. The summed E-state index contributed by atoms with van der Waals surface area (Å²) in [5, 5.41) is 9.14. The van der Waals surface area contributed by atoms with Crippen molar-refractivity contribution in [2.75, 3.05) is 19.7 Å². The van der Waals surface area contributed by atoms with E-state index in [0.29, 0.717) is 6.54 Å². The fraction of sp³-hybridized carbons (Fsp3) is 0.900. The highest BCUT2D eigenvalue weighted by Gasteiger charge is 2.38. The van der Waals surface area contributed by atoms with Crippen molar-refractivity contribution in [3.8, 4) is 0 Å². The van der Waals surface area contributed by atoms with E-state index in [2.05, 4.69) is 0 Å². The van der Waals surface area contributed by atoms with Crippen LogP contribution in [0.15, 0.2) is 0 Å². The molecule has 4 nitrogen and oxygen atoms in total. The van der Waals surface area contributed by atoms with Gasteiger partial charge in [0.1, 0.15) is 0 Å². The Balaban J connectivity index is 1.96. The van der Waals surface area contributed by atoms with Crippen LogP contribution in [0.3, 0.4) is 0 Å². The third-order valence-electron chi connectivity index (χ3n) is 3.16. The van der Waals surface area contributed by atoms with E-state index < -0.39 is 5.54 Å². The minimum Gasteiger partial charge on any atom is -0.394 e. The molecule has 0 aromatic carbocycles. The summed E-state index contributed by atoms with van der Waals surface area (Å²) in [4.78, 5) is 13.6. The van der Waals surface area contributed by atoms with Crippen molar-refractivity contribution < 1.29 is 9.90 Å². The van der Waals surface area contributed by atoms with Crippen LogP contribution in [0.4, 0.5) is 0 Å². The van der Waals surface area contributed by atoms with E-state index in [9.17, 15) is 4.79 Å². The van der Waals surface area contributed by atoms with Gasteiger partial charge in [-0.05, 0) is 25.7 Å². The lowest BCUT2D eigenvalue weighted by molar-refractivity contribution is -0.135. The number of hydrogen-bond donors (Lipinski definition) is 2. The van der Waals surface area contributed by atoms with Gasteiger partial charge in [0, 0.05) is 19.0 Å². The maximum Gasteiger partial charge on any atom is 0.225 e. The zero-order valence-electron chi connectivity index (χ0n) is 8.41. The molecule has 4 heteroatoms. The second kappa shape index (κ2) is 3.51.